The van der Waals surface area contributed by atoms with Gasteiger partial charge in [-0.3, -0.25) is 4.90 Å². The lowest BCUT2D eigenvalue weighted by molar-refractivity contribution is -0.0674. The molecule has 1 aliphatic heterocycles. The molecule has 1 saturated heterocycles. The van der Waals surface area contributed by atoms with Gasteiger partial charge in [-0.15, -0.1) is 0 Å². The van der Waals surface area contributed by atoms with Crippen molar-refractivity contribution in [3.05, 3.63) is 0 Å². The van der Waals surface area contributed by atoms with Crippen LogP contribution in [-0.4, -0.2) is 63.0 Å². The van der Waals surface area contributed by atoms with Crippen LogP contribution < -0.4 is 5.32 Å². The summed E-state index contributed by atoms with van der Waals surface area (Å²) in [6, 6.07) is 0. The van der Waals surface area contributed by atoms with Gasteiger partial charge in [-0.1, -0.05) is 0 Å². The van der Waals surface area contributed by atoms with Crippen LogP contribution in [0.4, 0.5) is 0 Å². The average Bonchev–Trinajstić information content (AvgIpc) is 2.31. The van der Waals surface area contributed by atoms with Crippen LogP contribution in [0.15, 0.2) is 0 Å². The number of unbranched alkanes of at least 4 members (excludes halogenated alkanes) is 1. The Balaban J connectivity index is 1.91. The molecule has 0 amide bonds. The Bertz CT molecular complexity index is 192. The van der Waals surface area contributed by atoms with Crippen LogP contribution in [0.3, 0.4) is 0 Å². The summed E-state index contributed by atoms with van der Waals surface area (Å²) in [5.74, 6) is 0. The molecule has 1 rings (SSSR count). The van der Waals surface area contributed by atoms with Crippen molar-refractivity contribution in [1.82, 2.24) is 10.2 Å². The molecule has 1 aliphatic rings. The minimum Gasteiger partial charge on any atom is -0.382 e. The third-order valence-electron chi connectivity index (χ3n) is 3.20. The predicted octanol–water partition coefficient (Wildman–Crippen LogP) is 1.50. The number of ether oxygens (including phenoxy) is 2. The van der Waals surface area contributed by atoms with Crippen LogP contribution in [0.1, 0.15) is 33.6 Å². The lowest BCUT2D eigenvalue weighted by Crippen LogP contribution is -2.47. The van der Waals surface area contributed by atoms with Crippen LogP contribution in [0, 0.1) is 0 Å². The van der Waals surface area contributed by atoms with Gasteiger partial charge in [-0.05, 0) is 40.2 Å². The maximum absolute atomic E-state index is 5.72. The molecule has 0 aliphatic carbocycles. The van der Waals surface area contributed by atoms with E-state index in [-0.39, 0.29) is 0 Å². The predicted molar refractivity (Wildman–Crippen MR) is 75.0 cm³/mol. The molecule has 4 heteroatoms. The molecule has 0 unspecified atom stereocenters. The van der Waals surface area contributed by atoms with Crippen molar-refractivity contribution < 1.29 is 9.47 Å². The fraction of sp³-hybridized carbons (Fsp3) is 1.00. The second kappa shape index (κ2) is 9.73. The van der Waals surface area contributed by atoms with Crippen LogP contribution in [0.25, 0.3) is 0 Å². The maximum Gasteiger partial charge on any atom is 0.0678 e. The van der Waals surface area contributed by atoms with Crippen molar-refractivity contribution in [1.29, 1.82) is 0 Å². The Morgan fingerprint density at radius 3 is 2.56 bits per heavy atom. The molecule has 0 aromatic carbocycles. The molecule has 2 atom stereocenters. The van der Waals surface area contributed by atoms with Gasteiger partial charge in [0.05, 0.1) is 12.2 Å². The van der Waals surface area contributed by atoms with Crippen molar-refractivity contribution >= 4 is 0 Å². The molecule has 1 fully saturated rings. The SMILES string of the molecule is CCOCCCCNCCN1C[C@@H](C)O[C@@H](C)C1. The topological polar surface area (TPSA) is 33.7 Å². The van der Waals surface area contributed by atoms with E-state index in [9.17, 15) is 0 Å². The van der Waals surface area contributed by atoms with E-state index in [2.05, 4.69) is 24.1 Å². The summed E-state index contributed by atoms with van der Waals surface area (Å²) in [6.45, 7) is 13.5. The zero-order chi connectivity index (χ0) is 13.2. The van der Waals surface area contributed by atoms with E-state index >= 15 is 0 Å². The lowest BCUT2D eigenvalue weighted by Gasteiger charge is -2.35. The van der Waals surface area contributed by atoms with Crippen LogP contribution in [-0.2, 0) is 9.47 Å². The van der Waals surface area contributed by atoms with Crippen LogP contribution >= 0.6 is 0 Å². The summed E-state index contributed by atoms with van der Waals surface area (Å²) >= 11 is 0. The quantitative estimate of drug-likeness (QED) is 0.636. The van der Waals surface area contributed by atoms with E-state index in [4.69, 9.17) is 9.47 Å². The van der Waals surface area contributed by atoms with E-state index in [1.807, 2.05) is 6.92 Å². The number of nitrogens with zero attached hydrogens (tertiary/aromatic N) is 1. The second-order valence-electron chi connectivity index (χ2n) is 5.17. The van der Waals surface area contributed by atoms with Crippen LogP contribution in [0.2, 0.25) is 0 Å². The largest absolute Gasteiger partial charge is 0.382 e. The van der Waals surface area contributed by atoms with E-state index in [0.717, 1.165) is 52.4 Å². The van der Waals surface area contributed by atoms with Gasteiger partial charge in [0.25, 0.3) is 0 Å². The highest BCUT2D eigenvalue weighted by molar-refractivity contribution is 4.73. The van der Waals surface area contributed by atoms with Gasteiger partial charge in [-0.25, -0.2) is 0 Å². The Morgan fingerprint density at radius 1 is 1.17 bits per heavy atom. The minimum atomic E-state index is 0.375. The highest BCUT2D eigenvalue weighted by atomic mass is 16.5. The van der Waals surface area contributed by atoms with Crippen molar-refractivity contribution in [3.8, 4) is 0 Å². The highest BCUT2D eigenvalue weighted by Crippen LogP contribution is 2.09. The first-order chi connectivity index (χ1) is 8.72. The summed E-state index contributed by atoms with van der Waals surface area (Å²) < 4.78 is 11.0. The standard InChI is InChI=1S/C14H30N2O2/c1-4-17-10-6-5-7-15-8-9-16-11-13(2)18-14(3)12-16/h13-15H,4-12H2,1-3H3/t13-,14+. The molecular weight excluding hydrogens is 228 g/mol. The maximum atomic E-state index is 5.72. The second-order valence-corrected chi connectivity index (χ2v) is 5.17. The Labute approximate surface area is 112 Å². The Hall–Kier alpha value is -0.160. The van der Waals surface area contributed by atoms with Crippen molar-refractivity contribution in [3.63, 3.8) is 0 Å². The van der Waals surface area contributed by atoms with Gasteiger partial charge >= 0.3 is 0 Å². The number of rotatable bonds is 9. The third kappa shape index (κ3) is 7.31. The third-order valence-corrected chi connectivity index (χ3v) is 3.20. The molecule has 4 nitrogen and oxygen atoms in total. The first-order valence-electron chi connectivity index (χ1n) is 7.38. The van der Waals surface area contributed by atoms with Crippen molar-refractivity contribution in [2.75, 3.05) is 45.9 Å². The van der Waals surface area contributed by atoms with Gasteiger partial charge < -0.3 is 14.8 Å². The lowest BCUT2D eigenvalue weighted by atomic mass is 10.2. The average molecular weight is 258 g/mol. The summed E-state index contributed by atoms with van der Waals surface area (Å²) in [5.41, 5.74) is 0. The molecule has 0 aromatic heterocycles. The highest BCUT2D eigenvalue weighted by Gasteiger charge is 2.21. The van der Waals surface area contributed by atoms with Gasteiger partial charge in [0, 0.05) is 39.4 Å². The van der Waals surface area contributed by atoms with Gasteiger partial charge in [0.15, 0.2) is 0 Å². The molecule has 0 spiro atoms. The van der Waals surface area contributed by atoms with E-state index < -0.39 is 0 Å². The zero-order valence-corrected chi connectivity index (χ0v) is 12.3. The summed E-state index contributed by atoms with van der Waals surface area (Å²) in [4.78, 5) is 2.49. The van der Waals surface area contributed by atoms with Gasteiger partial charge in [-0.2, -0.15) is 0 Å². The molecule has 18 heavy (non-hydrogen) atoms. The molecule has 1 N–H and O–H groups in total. The van der Waals surface area contributed by atoms with E-state index in [0.29, 0.717) is 12.2 Å². The van der Waals surface area contributed by atoms with Crippen molar-refractivity contribution in [2.24, 2.45) is 0 Å². The molecule has 1 heterocycles. The first kappa shape index (κ1) is 15.9. The fourth-order valence-electron chi connectivity index (χ4n) is 2.43. The molecule has 0 bridgehead atoms. The number of nitrogens with one attached hydrogen (secondary N) is 1. The fourth-order valence-corrected chi connectivity index (χ4v) is 2.43. The number of hydrogen-bond acceptors (Lipinski definition) is 4. The van der Waals surface area contributed by atoms with E-state index in [1.165, 1.54) is 6.42 Å². The van der Waals surface area contributed by atoms with Crippen molar-refractivity contribution in [2.45, 2.75) is 45.8 Å². The molecule has 108 valence electrons. The number of hydrogen-bond donors (Lipinski definition) is 1. The molecular formula is C14H30N2O2. The monoisotopic (exact) mass is 258 g/mol. The van der Waals surface area contributed by atoms with Gasteiger partial charge in [0.2, 0.25) is 0 Å². The molecule has 0 aromatic rings. The van der Waals surface area contributed by atoms with Gasteiger partial charge in [0.1, 0.15) is 0 Å². The summed E-state index contributed by atoms with van der Waals surface area (Å²) in [7, 11) is 0. The number of morpholine rings is 1. The summed E-state index contributed by atoms with van der Waals surface area (Å²) in [5, 5.41) is 3.50. The normalized spacial score (nSPS) is 25.5. The summed E-state index contributed by atoms with van der Waals surface area (Å²) in [6.07, 6.45) is 3.11. The minimum absolute atomic E-state index is 0.375. The smallest absolute Gasteiger partial charge is 0.0678 e. The Kier molecular flexibility index (Phi) is 8.59. The molecule has 0 saturated carbocycles. The zero-order valence-electron chi connectivity index (χ0n) is 12.3. The van der Waals surface area contributed by atoms with Crippen LogP contribution in [0.5, 0.6) is 0 Å². The molecule has 0 radical (unpaired) electrons. The Morgan fingerprint density at radius 2 is 1.89 bits per heavy atom. The first-order valence-corrected chi connectivity index (χ1v) is 7.38. The van der Waals surface area contributed by atoms with E-state index in [1.54, 1.807) is 0 Å².